The largest absolute Gasteiger partial charge is 0.378 e. The highest BCUT2D eigenvalue weighted by Crippen LogP contribution is 2.46. The fraction of sp³-hybridized carbons (Fsp3) is 0.684. The van der Waals surface area contributed by atoms with Crippen molar-refractivity contribution in [1.82, 2.24) is 5.32 Å². The van der Waals surface area contributed by atoms with Crippen molar-refractivity contribution >= 4 is 0 Å². The maximum atomic E-state index is 5.89. The summed E-state index contributed by atoms with van der Waals surface area (Å²) in [6.45, 7) is 12.0. The van der Waals surface area contributed by atoms with Crippen LogP contribution in [0.3, 0.4) is 0 Å². The molecule has 0 aromatic heterocycles. The first-order valence-corrected chi connectivity index (χ1v) is 8.51. The number of aryl methyl sites for hydroxylation is 1. The van der Waals surface area contributed by atoms with Crippen LogP contribution in [-0.2, 0) is 11.2 Å². The summed E-state index contributed by atoms with van der Waals surface area (Å²) in [5, 5.41) is 3.82. The Morgan fingerprint density at radius 3 is 2.43 bits per heavy atom. The molecule has 1 aliphatic carbocycles. The van der Waals surface area contributed by atoms with Crippen LogP contribution < -0.4 is 5.32 Å². The van der Waals surface area contributed by atoms with Gasteiger partial charge in [0.25, 0.3) is 0 Å². The van der Waals surface area contributed by atoms with E-state index in [2.05, 4.69) is 64.2 Å². The Morgan fingerprint density at radius 1 is 1.24 bits per heavy atom. The molecule has 0 heterocycles. The fourth-order valence-electron chi connectivity index (χ4n) is 3.45. The van der Waals surface area contributed by atoms with E-state index < -0.39 is 0 Å². The minimum absolute atomic E-state index is 0.271. The molecule has 0 bridgehead atoms. The molecule has 2 nitrogen and oxygen atoms in total. The lowest BCUT2D eigenvalue weighted by atomic mass is 9.61. The molecule has 118 valence electrons. The molecule has 4 atom stereocenters. The molecule has 1 fully saturated rings. The van der Waals surface area contributed by atoms with Gasteiger partial charge in [-0.15, -0.1) is 0 Å². The van der Waals surface area contributed by atoms with Crippen molar-refractivity contribution in [2.45, 2.75) is 72.1 Å². The highest BCUT2D eigenvalue weighted by Gasteiger charge is 2.51. The lowest BCUT2D eigenvalue weighted by Crippen LogP contribution is -2.62. The van der Waals surface area contributed by atoms with Crippen LogP contribution in [0, 0.1) is 5.41 Å². The van der Waals surface area contributed by atoms with Crippen molar-refractivity contribution in [3.05, 3.63) is 35.4 Å². The van der Waals surface area contributed by atoms with Crippen LogP contribution in [0.1, 0.15) is 64.6 Å². The highest BCUT2D eigenvalue weighted by molar-refractivity contribution is 5.25. The van der Waals surface area contributed by atoms with Gasteiger partial charge in [0.2, 0.25) is 0 Å². The Hall–Kier alpha value is -0.860. The predicted octanol–water partition coefficient (Wildman–Crippen LogP) is 4.49. The molecule has 4 unspecified atom stereocenters. The second kappa shape index (κ2) is 6.93. The van der Waals surface area contributed by atoms with Crippen molar-refractivity contribution in [2.75, 3.05) is 6.61 Å². The van der Waals surface area contributed by atoms with Crippen LogP contribution in [0.5, 0.6) is 0 Å². The van der Waals surface area contributed by atoms with Gasteiger partial charge in [0, 0.05) is 24.1 Å². The van der Waals surface area contributed by atoms with Gasteiger partial charge in [-0.05, 0) is 44.2 Å². The molecule has 0 saturated heterocycles. The molecule has 1 aliphatic rings. The molecule has 0 spiro atoms. The standard InChI is InChI=1S/C19H31NO/c1-6-15-9-11-16(12-10-15)14(4)20-17-13-18(21-8-3)19(17,5)7-2/h9-12,14,17-18,20H,6-8,13H2,1-5H3. The minimum atomic E-state index is 0.271. The van der Waals surface area contributed by atoms with Crippen LogP contribution in [0.15, 0.2) is 24.3 Å². The molecule has 0 aliphatic heterocycles. The first-order chi connectivity index (χ1) is 10.0. The molecule has 21 heavy (non-hydrogen) atoms. The Morgan fingerprint density at radius 2 is 1.90 bits per heavy atom. The summed E-state index contributed by atoms with van der Waals surface area (Å²) in [5.41, 5.74) is 3.06. The quantitative estimate of drug-likeness (QED) is 0.798. The Labute approximate surface area is 130 Å². The Bertz CT molecular complexity index is 441. The third-order valence-corrected chi connectivity index (χ3v) is 5.45. The van der Waals surface area contributed by atoms with Gasteiger partial charge in [-0.3, -0.25) is 0 Å². The topological polar surface area (TPSA) is 21.3 Å². The van der Waals surface area contributed by atoms with Crippen molar-refractivity contribution in [2.24, 2.45) is 5.41 Å². The van der Waals surface area contributed by atoms with E-state index in [4.69, 9.17) is 4.74 Å². The van der Waals surface area contributed by atoms with Crippen LogP contribution >= 0.6 is 0 Å². The highest BCUT2D eigenvalue weighted by atomic mass is 16.5. The summed E-state index contributed by atoms with van der Waals surface area (Å²) in [7, 11) is 0. The van der Waals surface area contributed by atoms with Gasteiger partial charge in [-0.25, -0.2) is 0 Å². The van der Waals surface area contributed by atoms with E-state index in [1.807, 2.05) is 0 Å². The predicted molar refractivity (Wildman–Crippen MR) is 89.6 cm³/mol. The molecular formula is C19H31NO. The van der Waals surface area contributed by atoms with Gasteiger partial charge in [0.05, 0.1) is 6.10 Å². The number of rotatable bonds is 7. The van der Waals surface area contributed by atoms with Crippen LogP contribution in [-0.4, -0.2) is 18.8 Å². The van der Waals surface area contributed by atoms with Crippen molar-refractivity contribution in [3.63, 3.8) is 0 Å². The molecular weight excluding hydrogens is 258 g/mol. The van der Waals surface area contributed by atoms with E-state index in [0.717, 1.165) is 25.9 Å². The third kappa shape index (κ3) is 3.32. The van der Waals surface area contributed by atoms with Gasteiger partial charge in [0.1, 0.15) is 0 Å². The van der Waals surface area contributed by atoms with Gasteiger partial charge in [-0.1, -0.05) is 45.0 Å². The molecule has 2 rings (SSSR count). The van der Waals surface area contributed by atoms with E-state index in [1.165, 1.54) is 11.1 Å². The average Bonchev–Trinajstić information content (AvgIpc) is 2.52. The normalized spacial score (nSPS) is 30.0. The summed E-state index contributed by atoms with van der Waals surface area (Å²) in [5.74, 6) is 0. The lowest BCUT2D eigenvalue weighted by molar-refractivity contribution is -0.127. The number of benzene rings is 1. The second-order valence-electron chi connectivity index (χ2n) is 6.58. The molecule has 1 aromatic carbocycles. The van der Waals surface area contributed by atoms with E-state index >= 15 is 0 Å². The van der Waals surface area contributed by atoms with E-state index in [-0.39, 0.29) is 5.41 Å². The number of ether oxygens (including phenoxy) is 1. The number of nitrogens with one attached hydrogen (secondary N) is 1. The number of hydrogen-bond donors (Lipinski definition) is 1. The number of hydrogen-bond acceptors (Lipinski definition) is 2. The summed E-state index contributed by atoms with van der Waals surface area (Å²) in [4.78, 5) is 0. The summed E-state index contributed by atoms with van der Waals surface area (Å²) in [6.07, 6.45) is 3.82. The summed E-state index contributed by atoms with van der Waals surface area (Å²) < 4.78 is 5.89. The zero-order chi connectivity index (χ0) is 15.5. The van der Waals surface area contributed by atoms with Gasteiger partial charge in [0.15, 0.2) is 0 Å². The molecule has 0 amide bonds. The van der Waals surface area contributed by atoms with Gasteiger partial charge >= 0.3 is 0 Å². The van der Waals surface area contributed by atoms with Gasteiger partial charge < -0.3 is 10.1 Å². The maximum Gasteiger partial charge on any atom is 0.0658 e. The molecule has 1 aromatic rings. The zero-order valence-electron chi connectivity index (χ0n) is 14.3. The Balaban J connectivity index is 1.97. The molecule has 2 heteroatoms. The Kier molecular flexibility index (Phi) is 5.45. The first-order valence-electron chi connectivity index (χ1n) is 8.51. The lowest BCUT2D eigenvalue weighted by Gasteiger charge is -2.54. The molecule has 1 saturated carbocycles. The van der Waals surface area contributed by atoms with Crippen LogP contribution in [0.2, 0.25) is 0 Å². The maximum absolute atomic E-state index is 5.89. The minimum Gasteiger partial charge on any atom is -0.378 e. The zero-order valence-corrected chi connectivity index (χ0v) is 14.3. The fourth-order valence-corrected chi connectivity index (χ4v) is 3.45. The third-order valence-electron chi connectivity index (χ3n) is 5.45. The first kappa shape index (κ1) is 16.5. The van der Waals surface area contributed by atoms with Crippen LogP contribution in [0.25, 0.3) is 0 Å². The second-order valence-corrected chi connectivity index (χ2v) is 6.58. The van der Waals surface area contributed by atoms with Crippen LogP contribution in [0.4, 0.5) is 0 Å². The average molecular weight is 289 g/mol. The summed E-state index contributed by atoms with van der Waals surface area (Å²) >= 11 is 0. The van der Waals surface area contributed by atoms with E-state index in [0.29, 0.717) is 18.2 Å². The summed E-state index contributed by atoms with van der Waals surface area (Å²) in [6, 6.07) is 9.97. The van der Waals surface area contributed by atoms with Crippen molar-refractivity contribution in [1.29, 1.82) is 0 Å². The van der Waals surface area contributed by atoms with Gasteiger partial charge in [-0.2, -0.15) is 0 Å². The van der Waals surface area contributed by atoms with E-state index in [1.54, 1.807) is 0 Å². The molecule has 1 N–H and O–H groups in total. The van der Waals surface area contributed by atoms with Crippen molar-refractivity contribution < 1.29 is 4.74 Å². The SMILES string of the molecule is CCOC1CC(NC(C)c2ccc(CC)cc2)C1(C)CC. The molecule has 0 radical (unpaired) electrons. The monoisotopic (exact) mass is 289 g/mol. The van der Waals surface area contributed by atoms with Crippen molar-refractivity contribution in [3.8, 4) is 0 Å². The smallest absolute Gasteiger partial charge is 0.0658 e. The van der Waals surface area contributed by atoms with E-state index in [9.17, 15) is 0 Å².